The Kier molecular flexibility index (Phi) is 3.43. The number of nitrogens with zero attached hydrogens (tertiary/aromatic N) is 1. The number of alkyl halides is 3. The number of halogens is 4. The van der Waals surface area contributed by atoms with E-state index in [1.807, 2.05) is 0 Å². The molecule has 1 aromatic rings. The number of amides is 1. The summed E-state index contributed by atoms with van der Waals surface area (Å²) in [5.74, 6) is -0.510. The van der Waals surface area contributed by atoms with E-state index in [1.54, 1.807) is 0 Å². The van der Waals surface area contributed by atoms with Crippen molar-refractivity contribution in [2.45, 2.75) is 37.5 Å². The van der Waals surface area contributed by atoms with Crippen LogP contribution in [-0.4, -0.2) is 22.9 Å². The van der Waals surface area contributed by atoms with E-state index in [1.165, 1.54) is 4.90 Å². The highest BCUT2D eigenvalue weighted by atomic mass is 19.4. The van der Waals surface area contributed by atoms with Gasteiger partial charge in [-0.15, -0.1) is 0 Å². The molecule has 1 aromatic carbocycles. The molecule has 0 aromatic heterocycles. The summed E-state index contributed by atoms with van der Waals surface area (Å²) in [6.07, 6.45) is -2.04. The van der Waals surface area contributed by atoms with Crippen molar-refractivity contribution in [1.82, 2.24) is 4.90 Å². The molecular weight excluding hydrogens is 300 g/mol. The van der Waals surface area contributed by atoms with Gasteiger partial charge < -0.3 is 10.6 Å². The predicted octanol–water partition coefficient (Wildman–Crippen LogP) is 2.68. The van der Waals surface area contributed by atoms with E-state index in [0.29, 0.717) is 12.0 Å². The van der Waals surface area contributed by atoms with E-state index in [0.717, 1.165) is 31.4 Å². The minimum atomic E-state index is -4.54. The Balaban J connectivity index is 1.88. The quantitative estimate of drug-likeness (QED) is 0.868. The lowest BCUT2D eigenvalue weighted by molar-refractivity contribution is -0.173. The van der Waals surface area contributed by atoms with Crippen LogP contribution >= 0.6 is 0 Å². The molecule has 0 atom stereocenters. The first kappa shape index (κ1) is 15.3. The normalized spacial score (nSPS) is 26.1. The smallest absolute Gasteiger partial charge is 0.331 e. The molecule has 3 saturated carbocycles. The van der Waals surface area contributed by atoms with Crippen LogP contribution in [0.4, 0.5) is 17.6 Å². The van der Waals surface area contributed by atoms with E-state index < -0.39 is 17.6 Å². The lowest BCUT2D eigenvalue weighted by Gasteiger charge is -2.66. The summed E-state index contributed by atoms with van der Waals surface area (Å²) in [4.78, 5) is 13.5. The van der Waals surface area contributed by atoms with Crippen molar-refractivity contribution in [1.29, 1.82) is 0 Å². The van der Waals surface area contributed by atoms with Crippen LogP contribution in [0.25, 0.3) is 0 Å². The van der Waals surface area contributed by atoms with E-state index in [2.05, 4.69) is 0 Å². The van der Waals surface area contributed by atoms with Gasteiger partial charge in [0.2, 0.25) is 5.91 Å². The monoisotopic (exact) mass is 316 g/mol. The highest BCUT2D eigenvalue weighted by Gasteiger charge is 2.61. The van der Waals surface area contributed by atoms with Gasteiger partial charge in [-0.1, -0.05) is 0 Å². The third-order valence-electron chi connectivity index (χ3n) is 4.76. The Bertz CT molecular complexity index is 597. The number of nitrogens with two attached hydrogens (primary N) is 1. The Morgan fingerprint density at radius 3 is 2.41 bits per heavy atom. The minimum Gasteiger partial charge on any atom is -0.331 e. The first-order chi connectivity index (χ1) is 10.2. The summed E-state index contributed by atoms with van der Waals surface area (Å²) in [5, 5.41) is 0. The molecule has 0 unspecified atom stereocenters. The van der Waals surface area contributed by atoms with Crippen LogP contribution < -0.4 is 5.73 Å². The van der Waals surface area contributed by atoms with Crippen LogP contribution in [0.2, 0.25) is 0 Å². The highest BCUT2D eigenvalue weighted by Crippen LogP contribution is 2.60. The molecular formula is C15H16F4N2O. The van der Waals surface area contributed by atoms with E-state index in [4.69, 9.17) is 5.73 Å². The number of carbonyl (C=O) groups is 1. The van der Waals surface area contributed by atoms with Crippen molar-refractivity contribution in [3.05, 3.63) is 35.1 Å². The maximum atomic E-state index is 13.9. The lowest BCUT2D eigenvalue weighted by atomic mass is 9.49. The molecule has 1 amide bonds. The first-order valence-electron chi connectivity index (χ1n) is 7.11. The standard InChI is InChI=1S/C15H16F4N2O/c16-12-2-1-11(15(17,18)19)3-10(12)8-21(13(22)7-20)14-4-9(5-14)6-14/h1-3,9H,4-8,20H2. The molecule has 0 radical (unpaired) electrons. The van der Waals surface area contributed by atoms with Crippen molar-refractivity contribution < 1.29 is 22.4 Å². The summed E-state index contributed by atoms with van der Waals surface area (Å²) < 4.78 is 52.1. The van der Waals surface area contributed by atoms with Crippen LogP contribution in [0.3, 0.4) is 0 Å². The molecule has 3 aliphatic rings. The van der Waals surface area contributed by atoms with Crippen molar-refractivity contribution in [2.24, 2.45) is 11.7 Å². The van der Waals surface area contributed by atoms with Gasteiger partial charge in [0, 0.05) is 17.6 Å². The largest absolute Gasteiger partial charge is 0.416 e. The van der Waals surface area contributed by atoms with Crippen molar-refractivity contribution >= 4 is 5.91 Å². The van der Waals surface area contributed by atoms with Gasteiger partial charge in [-0.05, 0) is 43.4 Å². The molecule has 22 heavy (non-hydrogen) atoms. The summed E-state index contributed by atoms with van der Waals surface area (Å²) in [5.41, 5.74) is 4.04. The zero-order valence-electron chi connectivity index (χ0n) is 11.8. The van der Waals surface area contributed by atoms with Crippen molar-refractivity contribution in [2.75, 3.05) is 6.54 Å². The summed E-state index contributed by atoms with van der Waals surface area (Å²) in [6.45, 7) is -0.397. The molecule has 0 saturated heterocycles. The second kappa shape index (κ2) is 4.94. The fraction of sp³-hybridized carbons (Fsp3) is 0.533. The molecule has 3 aliphatic carbocycles. The van der Waals surface area contributed by atoms with Gasteiger partial charge in [0.05, 0.1) is 12.1 Å². The molecule has 0 aliphatic heterocycles. The zero-order chi connectivity index (χ0) is 16.1. The fourth-order valence-electron chi connectivity index (χ4n) is 3.44. The number of hydrogen-bond acceptors (Lipinski definition) is 2. The Hall–Kier alpha value is -1.63. The third kappa shape index (κ3) is 2.37. The topological polar surface area (TPSA) is 46.3 Å². The first-order valence-corrected chi connectivity index (χ1v) is 7.11. The van der Waals surface area contributed by atoms with Crippen LogP contribution in [0.1, 0.15) is 30.4 Å². The Labute approximate surface area is 125 Å². The molecule has 3 fully saturated rings. The van der Waals surface area contributed by atoms with Crippen molar-refractivity contribution in [3.8, 4) is 0 Å². The molecule has 2 N–H and O–H groups in total. The van der Waals surface area contributed by atoms with Gasteiger partial charge in [-0.2, -0.15) is 13.2 Å². The van der Waals surface area contributed by atoms with Crippen LogP contribution in [-0.2, 0) is 17.5 Å². The van der Waals surface area contributed by atoms with E-state index in [-0.39, 0.29) is 30.1 Å². The SMILES string of the molecule is NCC(=O)N(Cc1cc(C(F)(F)F)ccc1F)C12CC(C1)C2. The molecule has 0 spiro atoms. The molecule has 4 rings (SSSR count). The Morgan fingerprint density at radius 1 is 1.32 bits per heavy atom. The fourth-order valence-corrected chi connectivity index (χ4v) is 3.44. The van der Waals surface area contributed by atoms with Gasteiger partial charge >= 0.3 is 6.18 Å². The second-order valence-electron chi connectivity index (χ2n) is 6.19. The zero-order valence-corrected chi connectivity index (χ0v) is 11.8. The van der Waals surface area contributed by atoms with E-state index >= 15 is 0 Å². The summed E-state index contributed by atoms with van der Waals surface area (Å²) >= 11 is 0. The van der Waals surface area contributed by atoms with Gasteiger partial charge in [0.1, 0.15) is 5.82 Å². The van der Waals surface area contributed by atoms with Gasteiger partial charge in [-0.25, -0.2) is 4.39 Å². The van der Waals surface area contributed by atoms with Gasteiger partial charge in [-0.3, -0.25) is 4.79 Å². The maximum absolute atomic E-state index is 13.9. The number of rotatable bonds is 4. The molecule has 2 bridgehead atoms. The molecule has 0 heterocycles. The van der Waals surface area contributed by atoms with Crippen LogP contribution in [0.5, 0.6) is 0 Å². The number of hydrogen-bond donors (Lipinski definition) is 1. The van der Waals surface area contributed by atoms with Crippen LogP contribution in [0, 0.1) is 11.7 Å². The van der Waals surface area contributed by atoms with Crippen molar-refractivity contribution in [3.63, 3.8) is 0 Å². The molecule has 120 valence electrons. The van der Waals surface area contributed by atoms with Crippen LogP contribution in [0.15, 0.2) is 18.2 Å². The average Bonchev–Trinajstić information content (AvgIpc) is 2.34. The maximum Gasteiger partial charge on any atom is 0.416 e. The Morgan fingerprint density at radius 2 is 1.95 bits per heavy atom. The third-order valence-corrected chi connectivity index (χ3v) is 4.76. The lowest BCUT2D eigenvalue weighted by Crippen LogP contribution is -2.69. The molecule has 3 nitrogen and oxygen atoms in total. The summed E-state index contributed by atoms with van der Waals surface area (Å²) in [7, 11) is 0. The van der Waals surface area contributed by atoms with E-state index in [9.17, 15) is 22.4 Å². The van der Waals surface area contributed by atoms with Gasteiger partial charge in [0.15, 0.2) is 0 Å². The second-order valence-corrected chi connectivity index (χ2v) is 6.19. The minimum absolute atomic E-state index is 0.124. The average molecular weight is 316 g/mol. The predicted molar refractivity (Wildman–Crippen MR) is 71.1 cm³/mol. The number of benzene rings is 1. The highest BCUT2D eigenvalue weighted by molar-refractivity contribution is 5.79. The molecule has 7 heteroatoms. The summed E-state index contributed by atoms with van der Waals surface area (Å²) in [6, 6.07) is 2.28. The number of carbonyl (C=O) groups excluding carboxylic acids is 1. The van der Waals surface area contributed by atoms with Gasteiger partial charge in [0.25, 0.3) is 0 Å².